The van der Waals surface area contributed by atoms with Crippen molar-refractivity contribution in [2.45, 2.75) is 0 Å². The summed E-state index contributed by atoms with van der Waals surface area (Å²) in [5.41, 5.74) is 1.57. The van der Waals surface area contributed by atoms with E-state index < -0.39 is 0 Å². The number of methoxy groups -OCH3 is 1. The summed E-state index contributed by atoms with van der Waals surface area (Å²) in [6.07, 6.45) is 1.51. The predicted molar refractivity (Wildman–Crippen MR) is 115 cm³/mol. The van der Waals surface area contributed by atoms with Crippen LogP contribution in [-0.2, 0) is 0 Å². The molecule has 0 unspecified atom stereocenters. The average molecular weight is 446 g/mol. The minimum absolute atomic E-state index is 0.148. The summed E-state index contributed by atoms with van der Waals surface area (Å²) >= 11 is 0. The van der Waals surface area contributed by atoms with E-state index in [9.17, 15) is 4.79 Å². The molecule has 166 valence electrons. The Labute approximate surface area is 186 Å². The molecule has 0 saturated carbocycles. The van der Waals surface area contributed by atoms with Crippen LogP contribution >= 0.6 is 0 Å². The van der Waals surface area contributed by atoms with Crippen molar-refractivity contribution < 1.29 is 23.2 Å². The number of fused-ring (bicyclic) bond motifs is 1. The lowest BCUT2D eigenvalue weighted by Gasteiger charge is -2.07. The molecule has 5 aromatic rings. The van der Waals surface area contributed by atoms with Crippen molar-refractivity contribution in [3.05, 3.63) is 66.6 Å². The third-order valence-electron chi connectivity index (χ3n) is 4.73. The van der Waals surface area contributed by atoms with Crippen LogP contribution in [0.15, 0.2) is 69.8 Å². The van der Waals surface area contributed by atoms with Crippen molar-refractivity contribution in [3.63, 3.8) is 0 Å². The molecule has 1 amide bonds. The summed E-state index contributed by atoms with van der Waals surface area (Å²) in [5.74, 6) is 2.17. The van der Waals surface area contributed by atoms with Gasteiger partial charge in [-0.15, -0.1) is 15.3 Å². The molecule has 0 aliphatic heterocycles. The zero-order valence-electron chi connectivity index (χ0n) is 17.5. The van der Waals surface area contributed by atoms with Gasteiger partial charge in [-0.25, -0.2) is 0 Å². The van der Waals surface area contributed by atoms with Crippen LogP contribution in [-0.4, -0.2) is 51.1 Å². The van der Waals surface area contributed by atoms with Crippen LogP contribution in [0.4, 0.5) is 0 Å². The van der Waals surface area contributed by atoms with Crippen molar-refractivity contribution in [2.24, 2.45) is 0 Å². The lowest BCUT2D eigenvalue weighted by atomic mass is 10.2. The molecule has 0 saturated heterocycles. The number of furan rings is 1. The smallest absolute Gasteiger partial charge is 0.273 e. The van der Waals surface area contributed by atoms with Gasteiger partial charge in [0, 0.05) is 17.7 Å². The highest BCUT2D eigenvalue weighted by atomic mass is 16.5. The fraction of sp³-hybridized carbons (Fsp3) is 0.136. The number of amides is 1. The SMILES string of the molecule is COc1ccc(-c2nnc3ccc(OCCNC(=O)c4cc(-c5ccco5)on4)nn23)cc1. The molecule has 0 aliphatic carbocycles. The number of ether oxygens (including phenoxy) is 2. The maximum Gasteiger partial charge on any atom is 0.273 e. The van der Waals surface area contributed by atoms with Gasteiger partial charge in [-0.3, -0.25) is 4.79 Å². The number of aromatic nitrogens is 5. The van der Waals surface area contributed by atoms with Gasteiger partial charge in [0.15, 0.2) is 22.9 Å². The van der Waals surface area contributed by atoms with Gasteiger partial charge < -0.3 is 23.7 Å². The van der Waals surface area contributed by atoms with E-state index in [0.717, 1.165) is 11.3 Å². The molecule has 4 aromatic heterocycles. The van der Waals surface area contributed by atoms with Gasteiger partial charge in [0.1, 0.15) is 12.4 Å². The highest BCUT2D eigenvalue weighted by molar-refractivity contribution is 5.92. The first-order valence-corrected chi connectivity index (χ1v) is 10.00. The first kappa shape index (κ1) is 20.2. The molecular weight excluding hydrogens is 428 g/mol. The molecule has 0 aliphatic rings. The number of carbonyl (C=O) groups is 1. The first-order chi connectivity index (χ1) is 16.2. The number of nitrogens with one attached hydrogen (secondary N) is 1. The predicted octanol–water partition coefficient (Wildman–Crippen LogP) is 2.86. The number of rotatable bonds is 8. The maximum absolute atomic E-state index is 12.3. The molecule has 0 atom stereocenters. The Morgan fingerprint density at radius 2 is 1.97 bits per heavy atom. The summed E-state index contributed by atoms with van der Waals surface area (Å²) in [5, 5.41) is 19.3. The fourth-order valence-corrected chi connectivity index (χ4v) is 3.10. The maximum atomic E-state index is 12.3. The Kier molecular flexibility index (Phi) is 5.42. The van der Waals surface area contributed by atoms with E-state index in [1.54, 1.807) is 35.9 Å². The van der Waals surface area contributed by atoms with Crippen LogP contribution in [0.5, 0.6) is 11.6 Å². The Morgan fingerprint density at radius 3 is 2.76 bits per heavy atom. The second-order valence-electron chi connectivity index (χ2n) is 6.85. The summed E-state index contributed by atoms with van der Waals surface area (Å²) in [7, 11) is 1.61. The van der Waals surface area contributed by atoms with E-state index in [1.165, 1.54) is 12.3 Å². The van der Waals surface area contributed by atoms with Gasteiger partial charge in [-0.2, -0.15) is 4.52 Å². The Morgan fingerprint density at radius 1 is 1.09 bits per heavy atom. The first-order valence-electron chi connectivity index (χ1n) is 10.00. The molecule has 4 heterocycles. The van der Waals surface area contributed by atoms with Crippen molar-refractivity contribution in [3.8, 4) is 34.5 Å². The van der Waals surface area contributed by atoms with E-state index in [4.69, 9.17) is 18.4 Å². The number of carbonyl (C=O) groups excluding carboxylic acids is 1. The quantitative estimate of drug-likeness (QED) is 0.358. The lowest BCUT2D eigenvalue weighted by molar-refractivity contribution is 0.0937. The average Bonchev–Trinajstić information content (AvgIpc) is 3.62. The van der Waals surface area contributed by atoms with Crippen molar-refractivity contribution >= 4 is 11.6 Å². The summed E-state index contributed by atoms with van der Waals surface area (Å²) < 4.78 is 22.8. The molecule has 1 N–H and O–H groups in total. The molecule has 0 fully saturated rings. The topological polar surface area (TPSA) is 130 Å². The van der Waals surface area contributed by atoms with Crippen LogP contribution in [0, 0.1) is 0 Å². The van der Waals surface area contributed by atoms with E-state index in [2.05, 4.69) is 25.8 Å². The largest absolute Gasteiger partial charge is 0.497 e. The van der Waals surface area contributed by atoms with Crippen LogP contribution < -0.4 is 14.8 Å². The Bertz CT molecular complexity index is 1370. The fourth-order valence-electron chi connectivity index (χ4n) is 3.10. The third kappa shape index (κ3) is 4.24. The van der Waals surface area contributed by atoms with Gasteiger partial charge in [-0.1, -0.05) is 5.16 Å². The standard InChI is InChI=1S/C22H18N6O5/c1-30-15-6-4-14(5-7-15)21-25-24-19-8-9-20(26-28(19)21)32-12-10-23-22(29)16-13-18(33-27-16)17-3-2-11-31-17/h2-9,11,13H,10,12H2,1H3,(H,23,29). The zero-order chi connectivity index (χ0) is 22.6. The van der Waals surface area contributed by atoms with Crippen LogP contribution in [0.1, 0.15) is 10.5 Å². The van der Waals surface area contributed by atoms with Crippen LogP contribution in [0.3, 0.4) is 0 Å². The lowest BCUT2D eigenvalue weighted by Crippen LogP contribution is -2.28. The van der Waals surface area contributed by atoms with E-state index >= 15 is 0 Å². The second kappa shape index (κ2) is 8.83. The molecule has 0 spiro atoms. The number of benzene rings is 1. The minimum atomic E-state index is -0.385. The van der Waals surface area contributed by atoms with E-state index in [1.807, 2.05) is 24.3 Å². The summed E-state index contributed by atoms with van der Waals surface area (Å²) in [6.45, 7) is 0.447. The molecule has 5 rings (SSSR count). The van der Waals surface area contributed by atoms with Crippen molar-refractivity contribution in [2.75, 3.05) is 20.3 Å². The van der Waals surface area contributed by atoms with Gasteiger partial charge >= 0.3 is 0 Å². The monoisotopic (exact) mass is 446 g/mol. The zero-order valence-corrected chi connectivity index (χ0v) is 17.5. The molecule has 0 bridgehead atoms. The molecule has 33 heavy (non-hydrogen) atoms. The van der Waals surface area contributed by atoms with E-state index in [0.29, 0.717) is 28.9 Å². The Hall–Kier alpha value is -4.67. The normalized spacial score (nSPS) is 10.9. The van der Waals surface area contributed by atoms with Gasteiger partial charge in [0.05, 0.1) is 19.9 Å². The highest BCUT2D eigenvalue weighted by Crippen LogP contribution is 2.22. The van der Waals surface area contributed by atoms with Crippen molar-refractivity contribution in [1.82, 2.24) is 30.3 Å². The number of hydrogen-bond donors (Lipinski definition) is 1. The summed E-state index contributed by atoms with van der Waals surface area (Å²) in [6, 6.07) is 15.8. The molecule has 0 radical (unpaired) electrons. The van der Waals surface area contributed by atoms with Gasteiger partial charge in [-0.05, 0) is 42.5 Å². The van der Waals surface area contributed by atoms with Gasteiger partial charge in [0.2, 0.25) is 11.6 Å². The van der Waals surface area contributed by atoms with E-state index in [-0.39, 0.29) is 24.8 Å². The van der Waals surface area contributed by atoms with Crippen LogP contribution in [0.2, 0.25) is 0 Å². The molecule has 11 nitrogen and oxygen atoms in total. The molecule has 1 aromatic carbocycles. The third-order valence-corrected chi connectivity index (χ3v) is 4.73. The van der Waals surface area contributed by atoms with Gasteiger partial charge in [0.25, 0.3) is 5.91 Å². The Balaban J connectivity index is 1.20. The molecular formula is C22H18N6O5. The molecule has 11 heteroatoms. The summed E-state index contributed by atoms with van der Waals surface area (Å²) in [4.78, 5) is 12.3. The highest BCUT2D eigenvalue weighted by Gasteiger charge is 2.15. The number of nitrogens with zero attached hydrogens (tertiary/aromatic N) is 5. The van der Waals surface area contributed by atoms with Crippen LogP contribution in [0.25, 0.3) is 28.6 Å². The number of hydrogen-bond acceptors (Lipinski definition) is 9. The second-order valence-corrected chi connectivity index (χ2v) is 6.85. The van der Waals surface area contributed by atoms with Crippen molar-refractivity contribution in [1.29, 1.82) is 0 Å². The minimum Gasteiger partial charge on any atom is -0.497 e.